The summed E-state index contributed by atoms with van der Waals surface area (Å²) < 4.78 is 26.2. The molecular weight excluding hydrogens is 623 g/mol. The van der Waals surface area contributed by atoms with Gasteiger partial charge < -0.3 is 29.5 Å². The van der Waals surface area contributed by atoms with Crippen molar-refractivity contribution in [1.82, 2.24) is 0 Å². The second kappa shape index (κ2) is 30.7. The molecule has 0 amide bonds. The number of allylic oxidation sites excluding steroid dienone is 1. The van der Waals surface area contributed by atoms with Crippen molar-refractivity contribution in [3.05, 3.63) is 12.2 Å². The van der Waals surface area contributed by atoms with Gasteiger partial charge in [-0.25, -0.2) is 4.57 Å². The van der Waals surface area contributed by atoms with Crippen molar-refractivity contribution in [2.75, 3.05) is 13.2 Å². The van der Waals surface area contributed by atoms with E-state index < -0.39 is 44.7 Å². The van der Waals surface area contributed by atoms with Gasteiger partial charge in [0.15, 0.2) is 6.10 Å². The Morgan fingerprint density at radius 1 is 0.660 bits per heavy atom. The second-order valence-corrected chi connectivity index (χ2v) is 14.6. The van der Waals surface area contributed by atoms with Crippen molar-refractivity contribution < 1.29 is 48.2 Å². The summed E-state index contributed by atoms with van der Waals surface area (Å²) in [7, 11) is -4.78. The summed E-state index contributed by atoms with van der Waals surface area (Å²) in [6, 6.07) is 0. The van der Waals surface area contributed by atoms with Crippen LogP contribution in [0.5, 0.6) is 0 Å². The highest BCUT2D eigenvalue weighted by atomic mass is 31.2. The normalized spacial score (nSPS) is 14.0. The van der Waals surface area contributed by atoms with Crippen molar-refractivity contribution in [3.8, 4) is 0 Å². The first-order valence-corrected chi connectivity index (χ1v) is 20.0. The Kier molecular flexibility index (Phi) is 29.9. The van der Waals surface area contributed by atoms with Gasteiger partial charge in [-0.1, -0.05) is 129 Å². The lowest BCUT2D eigenvalue weighted by molar-refractivity contribution is -0.161. The SMILES string of the molecule is CCCCC/C=C\C[C@@H](O)[C@H](O)CCCCCCCC(=O)OC[C@H](COP(=O)(O)O)OC(=O)CCCCCCCCCCCC(C)C. The molecule has 47 heavy (non-hydrogen) atoms. The quantitative estimate of drug-likeness (QED) is 0.0227. The van der Waals surface area contributed by atoms with Crippen LogP contribution in [0.3, 0.4) is 0 Å². The highest BCUT2D eigenvalue weighted by Crippen LogP contribution is 2.36. The van der Waals surface area contributed by atoms with Crippen LogP contribution in [-0.4, -0.2) is 63.5 Å². The maximum Gasteiger partial charge on any atom is 0.469 e. The zero-order valence-corrected chi connectivity index (χ0v) is 30.7. The van der Waals surface area contributed by atoms with E-state index in [0.717, 1.165) is 63.7 Å². The third kappa shape index (κ3) is 33.0. The van der Waals surface area contributed by atoms with Gasteiger partial charge in [-0.05, 0) is 44.4 Å². The number of aliphatic hydroxyl groups is 2. The van der Waals surface area contributed by atoms with Gasteiger partial charge >= 0.3 is 19.8 Å². The largest absolute Gasteiger partial charge is 0.469 e. The van der Waals surface area contributed by atoms with Gasteiger partial charge in [0.25, 0.3) is 0 Å². The third-order valence-electron chi connectivity index (χ3n) is 8.16. The van der Waals surface area contributed by atoms with Crippen LogP contribution >= 0.6 is 7.82 Å². The minimum Gasteiger partial charge on any atom is -0.462 e. The van der Waals surface area contributed by atoms with E-state index >= 15 is 0 Å². The Hall–Kier alpha value is -1.29. The maximum atomic E-state index is 12.3. The average molecular weight is 693 g/mol. The molecule has 10 nitrogen and oxygen atoms in total. The molecular formula is C36H69O10P. The molecule has 0 spiro atoms. The molecule has 0 heterocycles. The molecule has 0 rings (SSSR count). The van der Waals surface area contributed by atoms with E-state index in [-0.39, 0.29) is 19.4 Å². The van der Waals surface area contributed by atoms with E-state index in [1.54, 1.807) is 0 Å². The first-order chi connectivity index (χ1) is 22.4. The number of ether oxygens (including phenoxy) is 2. The Labute approximate surface area is 285 Å². The Morgan fingerprint density at radius 3 is 1.74 bits per heavy atom. The predicted molar refractivity (Wildman–Crippen MR) is 187 cm³/mol. The predicted octanol–water partition coefficient (Wildman–Crippen LogP) is 8.48. The fraction of sp³-hybridized carbons (Fsp3) is 0.889. The van der Waals surface area contributed by atoms with E-state index in [9.17, 15) is 24.4 Å². The summed E-state index contributed by atoms with van der Waals surface area (Å²) in [5, 5.41) is 20.3. The maximum absolute atomic E-state index is 12.3. The molecule has 0 aliphatic heterocycles. The van der Waals surface area contributed by atoms with Crippen LogP contribution in [0.4, 0.5) is 0 Å². The van der Waals surface area contributed by atoms with Crippen LogP contribution < -0.4 is 0 Å². The number of phosphoric ester groups is 1. The Balaban J connectivity index is 4.09. The third-order valence-corrected chi connectivity index (χ3v) is 8.65. The lowest BCUT2D eigenvalue weighted by atomic mass is 10.0. The molecule has 0 aromatic heterocycles. The van der Waals surface area contributed by atoms with Gasteiger partial charge in [0, 0.05) is 12.8 Å². The number of esters is 2. The minimum absolute atomic E-state index is 0.171. The first kappa shape index (κ1) is 45.7. The summed E-state index contributed by atoms with van der Waals surface area (Å²) in [5.74, 6) is -0.222. The molecule has 0 bridgehead atoms. The number of hydrogen-bond donors (Lipinski definition) is 4. The smallest absolute Gasteiger partial charge is 0.462 e. The molecule has 0 saturated carbocycles. The van der Waals surface area contributed by atoms with Crippen molar-refractivity contribution in [1.29, 1.82) is 0 Å². The molecule has 0 aliphatic carbocycles. The molecule has 0 aliphatic rings. The summed E-state index contributed by atoms with van der Waals surface area (Å²) in [6.45, 7) is 5.77. The van der Waals surface area contributed by atoms with E-state index in [2.05, 4.69) is 31.4 Å². The molecule has 0 aromatic carbocycles. The number of carbonyl (C=O) groups is 2. The van der Waals surface area contributed by atoms with Gasteiger partial charge in [0.05, 0.1) is 18.8 Å². The van der Waals surface area contributed by atoms with Crippen molar-refractivity contribution in [3.63, 3.8) is 0 Å². The van der Waals surface area contributed by atoms with Gasteiger partial charge in [-0.15, -0.1) is 0 Å². The zero-order chi connectivity index (χ0) is 35.2. The fourth-order valence-electron chi connectivity index (χ4n) is 5.23. The van der Waals surface area contributed by atoms with Gasteiger partial charge in [-0.3, -0.25) is 14.1 Å². The number of aliphatic hydroxyl groups excluding tert-OH is 2. The van der Waals surface area contributed by atoms with Crippen LogP contribution in [0.2, 0.25) is 0 Å². The minimum atomic E-state index is -4.78. The monoisotopic (exact) mass is 692 g/mol. The highest BCUT2D eigenvalue weighted by Gasteiger charge is 2.23. The molecule has 3 atom stereocenters. The molecule has 11 heteroatoms. The number of hydrogen-bond acceptors (Lipinski definition) is 8. The van der Waals surface area contributed by atoms with Gasteiger partial charge in [0.1, 0.15) is 6.61 Å². The Morgan fingerprint density at radius 2 is 1.19 bits per heavy atom. The second-order valence-electron chi connectivity index (χ2n) is 13.3. The molecule has 0 saturated heterocycles. The van der Waals surface area contributed by atoms with E-state index in [0.29, 0.717) is 25.7 Å². The number of carbonyl (C=O) groups excluding carboxylic acids is 2. The lowest BCUT2D eigenvalue weighted by Crippen LogP contribution is -2.29. The molecule has 4 N–H and O–H groups in total. The van der Waals surface area contributed by atoms with Gasteiger partial charge in [-0.2, -0.15) is 0 Å². The molecule has 0 aromatic rings. The van der Waals surface area contributed by atoms with Crippen molar-refractivity contribution in [2.45, 2.75) is 187 Å². The molecule has 0 fully saturated rings. The molecule has 0 radical (unpaired) electrons. The van der Waals surface area contributed by atoms with E-state index in [1.807, 2.05) is 6.08 Å². The van der Waals surface area contributed by atoms with Crippen molar-refractivity contribution in [2.24, 2.45) is 5.92 Å². The van der Waals surface area contributed by atoms with Crippen molar-refractivity contribution >= 4 is 19.8 Å². The lowest BCUT2D eigenvalue weighted by Gasteiger charge is -2.18. The summed E-state index contributed by atoms with van der Waals surface area (Å²) in [6.07, 6.45) is 22.6. The van der Waals surface area contributed by atoms with E-state index in [1.165, 1.54) is 51.4 Å². The number of phosphoric acid groups is 1. The zero-order valence-electron chi connectivity index (χ0n) is 29.8. The Bertz CT molecular complexity index is 829. The van der Waals surface area contributed by atoms with Gasteiger partial charge in [0.2, 0.25) is 0 Å². The van der Waals surface area contributed by atoms with Crippen LogP contribution in [-0.2, 0) is 28.2 Å². The van der Waals surface area contributed by atoms with Crippen LogP contribution in [0, 0.1) is 5.92 Å². The summed E-state index contributed by atoms with van der Waals surface area (Å²) >= 11 is 0. The van der Waals surface area contributed by atoms with Crippen LogP contribution in [0.25, 0.3) is 0 Å². The average Bonchev–Trinajstić information content (AvgIpc) is 3.01. The summed E-state index contributed by atoms with van der Waals surface area (Å²) in [5.41, 5.74) is 0. The standard InChI is InChI=1S/C36H69O10P/c1-4-5-6-7-15-20-25-33(37)34(38)26-21-16-13-18-22-27-35(39)44-29-32(30-45-47(41,42)43)46-36(40)28-23-17-12-10-8-9-11-14-19-24-31(2)3/h15,20,31-34,37-38H,4-14,16-19,21-30H2,1-3H3,(H2,41,42,43)/b20-15-/t32-,33-,34-/m1/s1. The number of rotatable bonds is 33. The highest BCUT2D eigenvalue weighted by molar-refractivity contribution is 7.46. The topological polar surface area (TPSA) is 160 Å². The fourth-order valence-corrected chi connectivity index (χ4v) is 5.59. The molecule has 278 valence electrons. The van der Waals surface area contributed by atoms with Crippen LogP contribution in [0.15, 0.2) is 12.2 Å². The molecule has 0 unspecified atom stereocenters. The summed E-state index contributed by atoms with van der Waals surface area (Å²) in [4.78, 5) is 42.6. The van der Waals surface area contributed by atoms with E-state index in [4.69, 9.17) is 19.3 Å². The number of unbranched alkanes of at least 4 members (excludes halogenated alkanes) is 15. The van der Waals surface area contributed by atoms with Crippen LogP contribution in [0.1, 0.15) is 168 Å². The first-order valence-electron chi connectivity index (χ1n) is 18.5.